The van der Waals surface area contributed by atoms with Gasteiger partial charge in [0.25, 0.3) is 5.91 Å². The minimum atomic E-state index is -3.22. The van der Waals surface area contributed by atoms with Crippen molar-refractivity contribution in [3.8, 4) is 5.75 Å². The highest BCUT2D eigenvalue weighted by atomic mass is 32.2. The van der Waals surface area contributed by atoms with Crippen molar-refractivity contribution in [3.63, 3.8) is 0 Å². The Balaban J connectivity index is 1.83. The molecule has 0 atom stereocenters. The fraction of sp³-hybridized carbons (Fsp3) is 0.316. The van der Waals surface area contributed by atoms with E-state index in [1.165, 1.54) is 6.07 Å². The van der Waals surface area contributed by atoms with E-state index in [1.807, 2.05) is 25.1 Å². The lowest BCUT2D eigenvalue weighted by molar-refractivity contribution is 0.0951. The van der Waals surface area contributed by atoms with Gasteiger partial charge in [0, 0.05) is 6.54 Å². The minimum Gasteiger partial charge on any atom is -0.507 e. The van der Waals surface area contributed by atoms with Crippen LogP contribution in [-0.2, 0) is 22.0 Å². The molecular weight excluding hydrogens is 338 g/mol. The van der Waals surface area contributed by atoms with Gasteiger partial charge < -0.3 is 10.4 Å². The topological polar surface area (TPSA) is 83.5 Å². The fourth-order valence-corrected chi connectivity index (χ4v) is 3.90. The van der Waals surface area contributed by atoms with Crippen molar-refractivity contribution in [3.05, 3.63) is 65.2 Å². The molecule has 0 aromatic heterocycles. The van der Waals surface area contributed by atoms with E-state index in [1.54, 1.807) is 24.3 Å². The molecule has 134 valence electrons. The number of phenolic OH excluding ortho intramolecular Hbond substituents is 1. The standard InChI is InChI=1S/C19H23NO4S/c1-2-15-9-10-18(21)17(13-15)19(22)20-11-6-12-25(23,24)14-16-7-4-3-5-8-16/h3-5,7-10,13,21H,2,6,11-12,14H2,1H3,(H,20,22). The number of carbonyl (C=O) groups excluding carboxylic acids is 1. The summed E-state index contributed by atoms with van der Waals surface area (Å²) in [5.41, 5.74) is 1.92. The summed E-state index contributed by atoms with van der Waals surface area (Å²) in [6.07, 6.45) is 1.09. The predicted octanol–water partition coefficient (Wildman–Crippen LogP) is 2.69. The molecule has 0 bridgehead atoms. The monoisotopic (exact) mass is 361 g/mol. The van der Waals surface area contributed by atoms with E-state index in [-0.39, 0.29) is 29.4 Å². The number of aromatic hydroxyl groups is 1. The zero-order chi connectivity index (χ0) is 18.3. The predicted molar refractivity (Wildman–Crippen MR) is 98.4 cm³/mol. The molecule has 0 radical (unpaired) electrons. The minimum absolute atomic E-state index is 0.00111. The van der Waals surface area contributed by atoms with E-state index >= 15 is 0 Å². The Bertz CT molecular complexity index is 817. The number of aryl methyl sites for hydroxylation is 1. The Kier molecular flexibility index (Phi) is 6.58. The van der Waals surface area contributed by atoms with Crippen LogP contribution in [0.5, 0.6) is 5.75 Å². The van der Waals surface area contributed by atoms with Crippen LogP contribution in [0.2, 0.25) is 0 Å². The van der Waals surface area contributed by atoms with Gasteiger partial charge in [-0.25, -0.2) is 8.42 Å². The Morgan fingerprint density at radius 2 is 1.80 bits per heavy atom. The second kappa shape index (κ2) is 8.67. The van der Waals surface area contributed by atoms with Crippen molar-refractivity contribution in [2.24, 2.45) is 0 Å². The van der Waals surface area contributed by atoms with E-state index in [0.717, 1.165) is 17.5 Å². The van der Waals surface area contributed by atoms with Gasteiger partial charge in [-0.1, -0.05) is 43.3 Å². The number of rotatable bonds is 8. The van der Waals surface area contributed by atoms with Crippen LogP contribution >= 0.6 is 0 Å². The number of sulfone groups is 1. The summed E-state index contributed by atoms with van der Waals surface area (Å²) in [5, 5.41) is 12.5. The number of hydrogen-bond acceptors (Lipinski definition) is 4. The summed E-state index contributed by atoms with van der Waals surface area (Å²) in [7, 11) is -3.22. The van der Waals surface area contributed by atoms with Gasteiger partial charge in [0.15, 0.2) is 9.84 Å². The molecular formula is C19H23NO4S. The first-order chi connectivity index (χ1) is 11.9. The molecule has 2 rings (SSSR count). The number of hydrogen-bond donors (Lipinski definition) is 2. The second-order valence-electron chi connectivity index (χ2n) is 5.89. The summed E-state index contributed by atoms with van der Waals surface area (Å²) in [6.45, 7) is 2.20. The number of amides is 1. The van der Waals surface area contributed by atoms with Crippen molar-refractivity contribution in [2.45, 2.75) is 25.5 Å². The maximum atomic E-state index is 12.1. The van der Waals surface area contributed by atoms with Crippen molar-refractivity contribution < 1.29 is 18.3 Å². The van der Waals surface area contributed by atoms with E-state index in [4.69, 9.17) is 0 Å². The maximum absolute atomic E-state index is 12.1. The zero-order valence-corrected chi connectivity index (χ0v) is 15.1. The molecule has 1 amide bonds. The van der Waals surface area contributed by atoms with Crippen molar-refractivity contribution in [1.29, 1.82) is 0 Å². The smallest absolute Gasteiger partial charge is 0.255 e. The average molecular weight is 361 g/mol. The Morgan fingerprint density at radius 3 is 2.48 bits per heavy atom. The largest absolute Gasteiger partial charge is 0.507 e. The third-order valence-corrected chi connectivity index (χ3v) is 5.54. The van der Waals surface area contributed by atoms with Crippen LogP contribution in [0.4, 0.5) is 0 Å². The molecule has 2 aromatic carbocycles. The average Bonchev–Trinajstić information content (AvgIpc) is 2.59. The van der Waals surface area contributed by atoms with Gasteiger partial charge in [-0.3, -0.25) is 4.79 Å². The SMILES string of the molecule is CCc1ccc(O)c(C(=O)NCCCS(=O)(=O)Cc2ccccc2)c1. The number of benzene rings is 2. The highest BCUT2D eigenvalue weighted by molar-refractivity contribution is 7.90. The Hall–Kier alpha value is -2.34. The molecule has 0 fully saturated rings. The van der Waals surface area contributed by atoms with Gasteiger partial charge in [0.1, 0.15) is 5.75 Å². The normalized spacial score (nSPS) is 11.2. The highest BCUT2D eigenvalue weighted by Gasteiger charge is 2.14. The lowest BCUT2D eigenvalue weighted by atomic mass is 10.1. The van der Waals surface area contributed by atoms with Gasteiger partial charge in [-0.05, 0) is 36.1 Å². The van der Waals surface area contributed by atoms with Crippen LogP contribution in [-0.4, -0.2) is 31.7 Å². The summed E-state index contributed by atoms with van der Waals surface area (Å²) in [4.78, 5) is 12.1. The van der Waals surface area contributed by atoms with Crippen LogP contribution in [0.1, 0.15) is 34.8 Å². The molecule has 0 heterocycles. The molecule has 0 aliphatic heterocycles. The molecule has 5 nitrogen and oxygen atoms in total. The van der Waals surface area contributed by atoms with Crippen molar-refractivity contribution >= 4 is 15.7 Å². The maximum Gasteiger partial charge on any atom is 0.255 e. The molecule has 0 unspecified atom stereocenters. The van der Waals surface area contributed by atoms with E-state index in [9.17, 15) is 18.3 Å². The Morgan fingerprint density at radius 1 is 1.08 bits per heavy atom. The molecule has 0 spiro atoms. The third-order valence-electron chi connectivity index (χ3n) is 3.86. The lowest BCUT2D eigenvalue weighted by Crippen LogP contribution is -2.26. The van der Waals surface area contributed by atoms with Crippen LogP contribution in [0, 0.1) is 0 Å². The molecule has 0 aliphatic carbocycles. The van der Waals surface area contributed by atoms with Crippen molar-refractivity contribution in [2.75, 3.05) is 12.3 Å². The summed E-state index contributed by atoms with van der Waals surface area (Å²) < 4.78 is 24.2. The number of phenols is 1. The van der Waals surface area contributed by atoms with Crippen LogP contribution < -0.4 is 5.32 Å². The molecule has 2 N–H and O–H groups in total. The zero-order valence-electron chi connectivity index (χ0n) is 14.2. The fourth-order valence-electron chi connectivity index (χ4n) is 2.47. The number of carbonyl (C=O) groups is 1. The van der Waals surface area contributed by atoms with Gasteiger partial charge >= 0.3 is 0 Å². The lowest BCUT2D eigenvalue weighted by Gasteiger charge is -2.09. The summed E-state index contributed by atoms with van der Waals surface area (Å²) in [6, 6.07) is 13.9. The summed E-state index contributed by atoms with van der Waals surface area (Å²) >= 11 is 0. The van der Waals surface area contributed by atoms with Gasteiger partial charge in [-0.2, -0.15) is 0 Å². The molecule has 0 aliphatic rings. The molecule has 0 saturated heterocycles. The van der Waals surface area contributed by atoms with Gasteiger partial charge in [-0.15, -0.1) is 0 Å². The molecule has 25 heavy (non-hydrogen) atoms. The van der Waals surface area contributed by atoms with Crippen molar-refractivity contribution in [1.82, 2.24) is 5.32 Å². The molecule has 0 saturated carbocycles. The summed E-state index contributed by atoms with van der Waals surface area (Å²) in [5.74, 6) is -0.468. The van der Waals surface area contributed by atoms with E-state index < -0.39 is 15.7 Å². The second-order valence-corrected chi connectivity index (χ2v) is 8.08. The van der Waals surface area contributed by atoms with E-state index in [2.05, 4.69) is 5.32 Å². The molecule has 2 aromatic rings. The quantitative estimate of drug-likeness (QED) is 0.708. The first-order valence-corrected chi connectivity index (χ1v) is 10.1. The van der Waals surface area contributed by atoms with Crippen LogP contribution in [0.15, 0.2) is 48.5 Å². The molecule has 6 heteroatoms. The van der Waals surface area contributed by atoms with Crippen LogP contribution in [0.3, 0.4) is 0 Å². The van der Waals surface area contributed by atoms with Gasteiger partial charge in [0.05, 0.1) is 17.1 Å². The van der Waals surface area contributed by atoms with Crippen LogP contribution in [0.25, 0.3) is 0 Å². The highest BCUT2D eigenvalue weighted by Crippen LogP contribution is 2.18. The first-order valence-electron chi connectivity index (χ1n) is 8.25. The third kappa shape index (κ3) is 5.90. The van der Waals surface area contributed by atoms with E-state index in [0.29, 0.717) is 6.42 Å². The van der Waals surface area contributed by atoms with Gasteiger partial charge in [0.2, 0.25) is 0 Å². The Labute approximate surface area is 148 Å². The number of nitrogens with one attached hydrogen (secondary N) is 1. The first kappa shape index (κ1) is 19.0.